The van der Waals surface area contributed by atoms with Crippen LogP contribution >= 0.6 is 0 Å². The fourth-order valence-electron chi connectivity index (χ4n) is 1.89. The first-order chi connectivity index (χ1) is 10.2. The van der Waals surface area contributed by atoms with E-state index in [-0.39, 0.29) is 11.6 Å². The number of carboxylic acid groups (broad SMARTS) is 1. The summed E-state index contributed by atoms with van der Waals surface area (Å²) in [5.41, 5.74) is 2.02. The van der Waals surface area contributed by atoms with Crippen molar-refractivity contribution in [3.8, 4) is 6.08 Å². The number of hydrogen-bond acceptors (Lipinski definition) is 5. The lowest BCUT2D eigenvalue weighted by Crippen LogP contribution is -2.02. The molecule has 6 nitrogen and oxygen atoms in total. The van der Waals surface area contributed by atoms with Crippen molar-refractivity contribution in [3.05, 3.63) is 53.9 Å². The number of carbonyl (C=O) groups is 1. The first kappa shape index (κ1) is 13.1. The van der Waals surface area contributed by atoms with Crippen LogP contribution in [0.3, 0.4) is 0 Å². The number of nitrogens with zero attached hydrogens (tertiary/aromatic N) is 2. The highest BCUT2D eigenvalue weighted by atomic mass is 16.6. The number of aromatic nitrogens is 2. The molecule has 0 spiro atoms. The second-order valence-electron chi connectivity index (χ2n) is 4.39. The molecular formula is C15H12N2O4. The van der Waals surface area contributed by atoms with Crippen molar-refractivity contribution in [1.29, 1.82) is 0 Å². The van der Waals surface area contributed by atoms with Gasteiger partial charge in [-0.3, -0.25) is 4.98 Å². The molecule has 21 heavy (non-hydrogen) atoms. The molecule has 2 aromatic heterocycles. The molecule has 0 saturated carbocycles. The van der Waals surface area contributed by atoms with E-state index in [1.807, 2.05) is 18.2 Å². The third-order valence-electron chi connectivity index (χ3n) is 2.93. The molecule has 0 aliphatic carbocycles. The number of ether oxygens (including phenoxy) is 1. The van der Waals surface area contributed by atoms with Crippen molar-refractivity contribution in [1.82, 2.24) is 9.97 Å². The maximum atomic E-state index is 10.9. The Labute approximate surface area is 120 Å². The molecular weight excluding hydrogens is 272 g/mol. The van der Waals surface area contributed by atoms with Crippen molar-refractivity contribution in [2.45, 2.75) is 6.42 Å². The van der Waals surface area contributed by atoms with Gasteiger partial charge in [0.1, 0.15) is 5.52 Å². The first-order valence-electron chi connectivity index (χ1n) is 6.39. The van der Waals surface area contributed by atoms with Gasteiger partial charge in [-0.25, -0.2) is 4.79 Å². The number of carboxylic acids is 1. The van der Waals surface area contributed by atoms with Gasteiger partial charge in [0, 0.05) is 18.3 Å². The topological polar surface area (TPSA) is 85.5 Å². The number of benzene rings is 1. The summed E-state index contributed by atoms with van der Waals surface area (Å²) >= 11 is 0. The smallest absolute Gasteiger partial charge is 0.394 e. The van der Waals surface area contributed by atoms with E-state index < -0.39 is 5.97 Å². The molecule has 1 aromatic carbocycles. The highest BCUT2D eigenvalue weighted by molar-refractivity contribution is 5.91. The molecule has 6 heteroatoms. The summed E-state index contributed by atoms with van der Waals surface area (Å²) in [6.45, 7) is 0.385. The van der Waals surface area contributed by atoms with Crippen molar-refractivity contribution in [2.75, 3.05) is 6.61 Å². The normalized spacial score (nSPS) is 10.7. The van der Waals surface area contributed by atoms with E-state index in [0.29, 0.717) is 24.1 Å². The highest BCUT2D eigenvalue weighted by Crippen LogP contribution is 2.21. The molecule has 0 unspecified atom stereocenters. The van der Waals surface area contributed by atoms with Crippen LogP contribution in [-0.2, 0) is 6.42 Å². The van der Waals surface area contributed by atoms with Gasteiger partial charge in [-0.05, 0) is 30.3 Å². The molecule has 2 heterocycles. The van der Waals surface area contributed by atoms with Crippen molar-refractivity contribution >= 4 is 17.1 Å². The van der Waals surface area contributed by atoms with Gasteiger partial charge in [0.25, 0.3) is 0 Å². The molecule has 0 atom stereocenters. The summed E-state index contributed by atoms with van der Waals surface area (Å²) in [7, 11) is 0. The van der Waals surface area contributed by atoms with E-state index in [0.717, 1.165) is 5.69 Å². The van der Waals surface area contributed by atoms with Crippen LogP contribution in [0.2, 0.25) is 0 Å². The molecule has 0 bridgehead atoms. The number of pyridine rings is 1. The van der Waals surface area contributed by atoms with Gasteiger partial charge in [0.2, 0.25) is 0 Å². The summed E-state index contributed by atoms with van der Waals surface area (Å²) in [4.78, 5) is 19.2. The van der Waals surface area contributed by atoms with E-state index >= 15 is 0 Å². The van der Waals surface area contributed by atoms with Crippen LogP contribution in [0.4, 0.5) is 0 Å². The fourth-order valence-corrected chi connectivity index (χ4v) is 1.89. The zero-order valence-corrected chi connectivity index (χ0v) is 11.0. The zero-order chi connectivity index (χ0) is 14.7. The lowest BCUT2D eigenvalue weighted by atomic mass is 10.2. The van der Waals surface area contributed by atoms with Crippen molar-refractivity contribution in [2.24, 2.45) is 0 Å². The van der Waals surface area contributed by atoms with Crippen LogP contribution in [0.25, 0.3) is 11.1 Å². The number of aromatic carboxylic acids is 1. The van der Waals surface area contributed by atoms with E-state index in [9.17, 15) is 4.79 Å². The molecule has 3 aromatic rings. The Balaban J connectivity index is 1.68. The Hall–Kier alpha value is -2.89. The van der Waals surface area contributed by atoms with Crippen LogP contribution in [0.15, 0.2) is 47.0 Å². The fraction of sp³-hybridized carbons (Fsp3) is 0.133. The molecule has 0 fully saturated rings. The summed E-state index contributed by atoms with van der Waals surface area (Å²) in [6.07, 6.45) is 2.49. The molecule has 0 amide bonds. The Morgan fingerprint density at radius 2 is 2.19 bits per heavy atom. The van der Waals surface area contributed by atoms with Gasteiger partial charge in [-0.15, -0.1) is 0 Å². The lowest BCUT2D eigenvalue weighted by molar-refractivity contribution is 0.0697. The van der Waals surface area contributed by atoms with Gasteiger partial charge < -0.3 is 14.3 Å². The van der Waals surface area contributed by atoms with Gasteiger partial charge in [-0.1, -0.05) is 6.07 Å². The average molecular weight is 284 g/mol. The van der Waals surface area contributed by atoms with Crippen LogP contribution in [-0.4, -0.2) is 27.7 Å². The maximum Gasteiger partial charge on any atom is 0.394 e. The summed E-state index contributed by atoms with van der Waals surface area (Å²) < 4.78 is 10.8. The summed E-state index contributed by atoms with van der Waals surface area (Å²) in [6, 6.07) is 10.2. The van der Waals surface area contributed by atoms with Crippen molar-refractivity contribution < 1.29 is 19.1 Å². The second-order valence-corrected chi connectivity index (χ2v) is 4.39. The summed E-state index contributed by atoms with van der Waals surface area (Å²) in [5.74, 6) is -1.01. The predicted octanol–water partition coefficient (Wildman–Crippen LogP) is 2.54. The minimum atomic E-state index is -1.01. The third kappa shape index (κ3) is 3.00. The van der Waals surface area contributed by atoms with Crippen LogP contribution in [0.5, 0.6) is 6.08 Å². The minimum absolute atomic E-state index is 0.128. The SMILES string of the molecule is O=C(O)c1ccc2nc(OCCc3ccccn3)oc2c1. The minimum Gasteiger partial charge on any atom is -0.478 e. The van der Waals surface area contributed by atoms with E-state index in [4.69, 9.17) is 14.3 Å². The van der Waals surface area contributed by atoms with Crippen LogP contribution < -0.4 is 4.74 Å². The Bertz CT molecular complexity index is 768. The van der Waals surface area contributed by atoms with Gasteiger partial charge in [0.15, 0.2) is 5.58 Å². The molecule has 0 saturated heterocycles. The van der Waals surface area contributed by atoms with E-state index in [1.165, 1.54) is 12.1 Å². The van der Waals surface area contributed by atoms with Crippen molar-refractivity contribution in [3.63, 3.8) is 0 Å². The molecule has 0 aliphatic rings. The first-order valence-corrected chi connectivity index (χ1v) is 6.39. The number of rotatable bonds is 5. The Morgan fingerprint density at radius 1 is 1.29 bits per heavy atom. The quantitative estimate of drug-likeness (QED) is 0.775. The predicted molar refractivity (Wildman–Crippen MR) is 74.4 cm³/mol. The molecule has 1 N–H and O–H groups in total. The maximum absolute atomic E-state index is 10.9. The second kappa shape index (κ2) is 5.62. The number of hydrogen-bond donors (Lipinski definition) is 1. The molecule has 3 rings (SSSR count). The lowest BCUT2D eigenvalue weighted by Gasteiger charge is -2.00. The van der Waals surface area contributed by atoms with Gasteiger partial charge >= 0.3 is 12.0 Å². The average Bonchev–Trinajstić information content (AvgIpc) is 2.90. The van der Waals surface area contributed by atoms with Crippen LogP contribution in [0.1, 0.15) is 16.1 Å². The van der Waals surface area contributed by atoms with E-state index in [1.54, 1.807) is 12.3 Å². The van der Waals surface area contributed by atoms with Gasteiger partial charge in [0.05, 0.1) is 12.2 Å². The molecule has 0 radical (unpaired) electrons. The zero-order valence-electron chi connectivity index (χ0n) is 11.0. The standard InChI is InChI=1S/C15H12N2O4/c18-14(19)10-4-5-12-13(9-10)21-15(17-12)20-8-6-11-3-1-2-7-16-11/h1-5,7,9H,6,8H2,(H,18,19). The summed E-state index contributed by atoms with van der Waals surface area (Å²) in [5, 5.41) is 8.92. The number of oxazole rings is 1. The number of fused-ring (bicyclic) bond motifs is 1. The highest BCUT2D eigenvalue weighted by Gasteiger charge is 2.10. The third-order valence-corrected chi connectivity index (χ3v) is 2.93. The molecule has 0 aliphatic heterocycles. The van der Waals surface area contributed by atoms with Crippen LogP contribution in [0, 0.1) is 0 Å². The molecule has 106 valence electrons. The Kier molecular flexibility index (Phi) is 3.51. The van der Waals surface area contributed by atoms with E-state index in [2.05, 4.69) is 9.97 Å². The largest absolute Gasteiger partial charge is 0.478 e. The Morgan fingerprint density at radius 3 is 2.95 bits per heavy atom. The monoisotopic (exact) mass is 284 g/mol. The van der Waals surface area contributed by atoms with Gasteiger partial charge in [-0.2, -0.15) is 4.98 Å².